The lowest BCUT2D eigenvalue weighted by Crippen LogP contribution is -2.28. The molecule has 10 heteroatoms. The van der Waals surface area contributed by atoms with Gasteiger partial charge in [0.1, 0.15) is 0 Å². The molecule has 9 nitrogen and oxygen atoms in total. The summed E-state index contributed by atoms with van der Waals surface area (Å²) in [4.78, 5) is 23.8. The summed E-state index contributed by atoms with van der Waals surface area (Å²) in [5.41, 5.74) is 1.38. The van der Waals surface area contributed by atoms with Gasteiger partial charge in [-0.25, -0.2) is 13.1 Å². The minimum absolute atomic E-state index is 0.107. The fourth-order valence-corrected chi connectivity index (χ4v) is 3.45. The van der Waals surface area contributed by atoms with Crippen molar-refractivity contribution in [2.75, 3.05) is 32.7 Å². The third-order valence-electron chi connectivity index (χ3n) is 3.98. The van der Waals surface area contributed by atoms with Gasteiger partial charge in [-0.15, -0.1) is 0 Å². The number of carbonyl (C=O) groups is 2. The summed E-state index contributed by atoms with van der Waals surface area (Å²) < 4.78 is 41.7. The highest BCUT2D eigenvalue weighted by Gasteiger charge is 2.15. The topological polar surface area (TPSA) is 120 Å². The van der Waals surface area contributed by atoms with Crippen LogP contribution in [-0.2, 0) is 24.3 Å². The van der Waals surface area contributed by atoms with Crippen LogP contribution in [0.3, 0.4) is 0 Å². The summed E-state index contributed by atoms with van der Waals surface area (Å²) in [5.74, 6) is -0.303. The van der Waals surface area contributed by atoms with Crippen LogP contribution in [0.25, 0.3) is 0 Å². The van der Waals surface area contributed by atoms with Crippen LogP contribution in [-0.4, -0.2) is 47.7 Å². The van der Waals surface area contributed by atoms with Gasteiger partial charge in [0.2, 0.25) is 10.0 Å². The highest BCUT2D eigenvalue weighted by atomic mass is 32.2. The number of hydrogen-bond acceptors (Lipinski definition) is 7. The smallest absolute Gasteiger partial charge is 0.307 e. The molecule has 1 amide bonds. The van der Waals surface area contributed by atoms with E-state index in [-0.39, 0.29) is 17.9 Å². The molecule has 0 saturated carbocycles. The molecule has 30 heavy (non-hydrogen) atoms. The quantitative estimate of drug-likeness (QED) is 0.546. The Balaban J connectivity index is 1.76. The number of hydrogen-bond donors (Lipinski definition) is 2. The third-order valence-corrected chi connectivity index (χ3v) is 5.46. The van der Waals surface area contributed by atoms with E-state index in [0.29, 0.717) is 17.2 Å². The van der Waals surface area contributed by atoms with E-state index in [2.05, 4.69) is 10.0 Å². The molecule has 0 saturated heterocycles. The molecule has 0 spiro atoms. The first-order valence-corrected chi connectivity index (χ1v) is 10.5. The lowest BCUT2D eigenvalue weighted by atomic mass is 10.2. The van der Waals surface area contributed by atoms with E-state index in [0.717, 1.165) is 5.56 Å². The normalized spacial score (nSPS) is 10.9. The fourth-order valence-electron chi connectivity index (χ4n) is 2.42. The highest BCUT2D eigenvalue weighted by Crippen LogP contribution is 2.29. The summed E-state index contributed by atoms with van der Waals surface area (Å²) in [6.07, 6.45) is -0.214. The molecule has 0 aliphatic heterocycles. The molecule has 0 aromatic heterocycles. The second kappa shape index (κ2) is 10.6. The largest absolute Gasteiger partial charge is 0.493 e. The molecule has 0 bridgehead atoms. The van der Waals surface area contributed by atoms with Gasteiger partial charge in [0, 0.05) is 18.3 Å². The molecule has 2 rings (SSSR count). The Kier molecular flexibility index (Phi) is 8.19. The van der Waals surface area contributed by atoms with Crippen LogP contribution in [0.1, 0.15) is 12.0 Å². The minimum atomic E-state index is -3.72. The Bertz CT molecular complexity index is 989. The number of anilines is 1. The van der Waals surface area contributed by atoms with Crippen LogP contribution < -0.4 is 19.5 Å². The van der Waals surface area contributed by atoms with Gasteiger partial charge in [0.05, 0.1) is 25.5 Å². The van der Waals surface area contributed by atoms with Crippen LogP contribution in [0, 0.1) is 6.92 Å². The molecule has 0 unspecified atom stereocenters. The van der Waals surface area contributed by atoms with Crippen molar-refractivity contribution < 1.29 is 32.2 Å². The third kappa shape index (κ3) is 6.75. The van der Waals surface area contributed by atoms with Gasteiger partial charge in [0.15, 0.2) is 18.1 Å². The monoisotopic (exact) mass is 436 g/mol. The van der Waals surface area contributed by atoms with E-state index in [1.807, 2.05) is 6.92 Å². The van der Waals surface area contributed by atoms with Gasteiger partial charge in [0.25, 0.3) is 5.91 Å². The SMILES string of the molecule is COc1ccc(NC(=O)COC(=O)CCNS(=O)(=O)c2ccc(C)cc2)cc1OC. The van der Waals surface area contributed by atoms with Gasteiger partial charge in [-0.3, -0.25) is 9.59 Å². The Morgan fingerprint density at radius 2 is 1.63 bits per heavy atom. The minimum Gasteiger partial charge on any atom is -0.493 e. The lowest BCUT2D eigenvalue weighted by molar-refractivity contribution is -0.147. The average Bonchev–Trinajstić information content (AvgIpc) is 2.72. The first kappa shape index (κ1) is 23.2. The van der Waals surface area contributed by atoms with E-state index in [4.69, 9.17) is 14.2 Å². The van der Waals surface area contributed by atoms with Crippen molar-refractivity contribution in [3.63, 3.8) is 0 Å². The van der Waals surface area contributed by atoms with Crippen LogP contribution in [0.5, 0.6) is 11.5 Å². The number of esters is 1. The predicted molar refractivity (Wildman–Crippen MR) is 110 cm³/mol. The first-order chi connectivity index (χ1) is 14.2. The summed E-state index contributed by atoms with van der Waals surface area (Å²) in [7, 11) is -0.749. The van der Waals surface area contributed by atoms with Crippen LogP contribution in [0.4, 0.5) is 5.69 Å². The number of carbonyl (C=O) groups excluding carboxylic acids is 2. The molecule has 2 aromatic rings. The molecule has 0 aliphatic carbocycles. The maximum atomic E-state index is 12.1. The predicted octanol–water partition coefficient (Wildman–Crippen LogP) is 1.86. The van der Waals surface area contributed by atoms with Crippen molar-refractivity contribution in [1.82, 2.24) is 4.72 Å². The van der Waals surface area contributed by atoms with E-state index >= 15 is 0 Å². The van der Waals surface area contributed by atoms with Gasteiger partial charge in [-0.2, -0.15) is 0 Å². The van der Waals surface area contributed by atoms with Crippen molar-refractivity contribution in [1.29, 1.82) is 0 Å². The number of methoxy groups -OCH3 is 2. The highest BCUT2D eigenvalue weighted by molar-refractivity contribution is 7.89. The van der Waals surface area contributed by atoms with Gasteiger partial charge < -0.3 is 19.5 Å². The number of nitrogens with one attached hydrogen (secondary N) is 2. The summed E-state index contributed by atoms with van der Waals surface area (Å²) >= 11 is 0. The van der Waals surface area contributed by atoms with E-state index in [9.17, 15) is 18.0 Å². The molecule has 0 fully saturated rings. The molecular weight excluding hydrogens is 412 g/mol. The Morgan fingerprint density at radius 1 is 0.967 bits per heavy atom. The van der Waals surface area contributed by atoms with E-state index in [1.165, 1.54) is 26.4 Å². The maximum absolute atomic E-state index is 12.1. The summed E-state index contributed by atoms with van der Waals surface area (Å²) in [6.45, 7) is 1.20. The maximum Gasteiger partial charge on any atom is 0.307 e. The molecule has 0 heterocycles. The number of aryl methyl sites for hydroxylation is 1. The molecule has 2 aromatic carbocycles. The Labute approximate surface area is 175 Å². The molecule has 162 valence electrons. The summed E-state index contributed by atoms with van der Waals surface area (Å²) in [6, 6.07) is 11.1. The van der Waals surface area contributed by atoms with Crippen molar-refractivity contribution in [3.05, 3.63) is 48.0 Å². The fraction of sp³-hybridized carbons (Fsp3) is 0.300. The first-order valence-electron chi connectivity index (χ1n) is 8.99. The van der Waals surface area contributed by atoms with Crippen molar-refractivity contribution in [2.24, 2.45) is 0 Å². The number of benzene rings is 2. The number of amides is 1. The Morgan fingerprint density at radius 3 is 2.27 bits per heavy atom. The van der Waals surface area contributed by atoms with Crippen LogP contribution in [0.2, 0.25) is 0 Å². The standard InChI is InChI=1S/C20H24N2O7S/c1-14-4-7-16(8-5-14)30(25,26)21-11-10-20(24)29-13-19(23)22-15-6-9-17(27-2)18(12-15)28-3/h4-9,12,21H,10-11,13H2,1-3H3,(H,22,23). The lowest BCUT2D eigenvalue weighted by Gasteiger charge is -2.11. The zero-order valence-corrected chi connectivity index (χ0v) is 17.7. The molecule has 0 aliphatic rings. The number of rotatable bonds is 10. The summed E-state index contributed by atoms with van der Waals surface area (Å²) in [5, 5.41) is 2.57. The van der Waals surface area contributed by atoms with Gasteiger partial charge in [-0.05, 0) is 31.2 Å². The molecule has 0 radical (unpaired) electrons. The zero-order chi connectivity index (χ0) is 22.1. The molecule has 0 atom stereocenters. The Hall–Kier alpha value is -3.11. The van der Waals surface area contributed by atoms with Crippen molar-refractivity contribution in [3.8, 4) is 11.5 Å². The van der Waals surface area contributed by atoms with Crippen LogP contribution in [0.15, 0.2) is 47.4 Å². The molecular formula is C20H24N2O7S. The molecule has 2 N–H and O–H groups in total. The average molecular weight is 436 g/mol. The second-order valence-electron chi connectivity index (χ2n) is 6.24. The van der Waals surface area contributed by atoms with Gasteiger partial charge in [-0.1, -0.05) is 17.7 Å². The number of sulfonamides is 1. The second-order valence-corrected chi connectivity index (χ2v) is 8.01. The zero-order valence-electron chi connectivity index (χ0n) is 16.9. The van der Waals surface area contributed by atoms with Crippen LogP contribution >= 0.6 is 0 Å². The van der Waals surface area contributed by atoms with Crippen molar-refractivity contribution >= 4 is 27.6 Å². The van der Waals surface area contributed by atoms with Gasteiger partial charge >= 0.3 is 5.97 Å². The van der Waals surface area contributed by atoms with E-state index in [1.54, 1.807) is 30.3 Å². The van der Waals surface area contributed by atoms with Crippen molar-refractivity contribution in [2.45, 2.75) is 18.2 Å². The van der Waals surface area contributed by atoms with E-state index < -0.39 is 28.5 Å². The number of ether oxygens (including phenoxy) is 3.